The van der Waals surface area contributed by atoms with Crippen LogP contribution in [0.15, 0.2) is 36.4 Å². The average Bonchev–Trinajstić information content (AvgIpc) is 3.29. The Morgan fingerprint density at radius 2 is 1.97 bits per heavy atom. The molecule has 0 aromatic heterocycles. The summed E-state index contributed by atoms with van der Waals surface area (Å²) < 4.78 is 13.6. The highest BCUT2D eigenvalue weighted by atomic mass is 35.5. The number of carbonyl (C=O) groups excluding carboxylic acids is 1. The molecule has 1 saturated carbocycles. The van der Waals surface area contributed by atoms with Crippen LogP contribution in [0.3, 0.4) is 0 Å². The number of hydrogen-bond acceptors (Lipinski definition) is 3. The molecule has 2 aromatic rings. The molecule has 0 N–H and O–H groups in total. The fourth-order valence-electron chi connectivity index (χ4n) is 5.03. The van der Waals surface area contributed by atoms with Crippen LogP contribution in [-0.2, 0) is 0 Å². The van der Waals surface area contributed by atoms with Gasteiger partial charge in [0.15, 0.2) is 0 Å². The van der Waals surface area contributed by atoms with Gasteiger partial charge in [0, 0.05) is 36.9 Å². The van der Waals surface area contributed by atoms with E-state index < -0.39 is 0 Å². The van der Waals surface area contributed by atoms with Gasteiger partial charge in [0.2, 0.25) is 0 Å². The van der Waals surface area contributed by atoms with Crippen molar-refractivity contribution in [3.8, 4) is 6.07 Å². The first-order chi connectivity index (χ1) is 15.5. The largest absolute Gasteiger partial charge is 0.366 e. The summed E-state index contributed by atoms with van der Waals surface area (Å²) in [5.41, 5.74) is 2.50. The van der Waals surface area contributed by atoms with Gasteiger partial charge in [-0.3, -0.25) is 4.79 Å². The Morgan fingerprint density at radius 1 is 1.19 bits per heavy atom. The quantitative estimate of drug-likeness (QED) is 0.561. The molecule has 0 spiro atoms. The third-order valence-electron chi connectivity index (χ3n) is 6.88. The zero-order valence-electron chi connectivity index (χ0n) is 18.5. The molecule has 1 aliphatic heterocycles. The molecule has 0 radical (unpaired) electrons. The Hall–Kier alpha value is -2.58. The summed E-state index contributed by atoms with van der Waals surface area (Å²) in [5, 5.41) is 9.71. The summed E-state index contributed by atoms with van der Waals surface area (Å²) in [4.78, 5) is 17.3. The van der Waals surface area contributed by atoms with Crippen molar-refractivity contribution in [3.05, 3.63) is 63.9 Å². The highest BCUT2D eigenvalue weighted by Crippen LogP contribution is 2.32. The molecule has 4 nitrogen and oxygen atoms in total. The van der Waals surface area contributed by atoms with Gasteiger partial charge in [0.25, 0.3) is 5.91 Å². The summed E-state index contributed by atoms with van der Waals surface area (Å²) in [6.45, 7) is 3.91. The second-order valence-corrected chi connectivity index (χ2v) is 9.50. The van der Waals surface area contributed by atoms with Crippen LogP contribution in [0.1, 0.15) is 60.0 Å². The van der Waals surface area contributed by atoms with Gasteiger partial charge in [0.1, 0.15) is 11.9 Å². The zero-order valence-corrected chi connectivity index (χ0v) is 19.2. The van der Waals surface area contributed by atoms with Gasteiger partial charge >= 0.3 is 0 Å². The lowest BCUT2D eigenvalue weighted by Crippen LogP contribution is -2.42. The Labute approximate surface area is 194 Å². The molecule has 1 saturated heterocycles. The lowest BCUT2D eigenvalue weighted by Gasteiger charge is -2.36. The first-order valence-electron chi connectivity index (χ1n) is 11.5. The number of halogens is 2. The Bertz CT molecular complexity index is 1030. The number of likely N-dealkylation sites (tertiary alicyclic amines) is 1. The number of hydrogen-bond donors (Lipinski definition) is 0. The van der Waals surface area contributed by atoms with Crippen LogP contribution in [0.2, 0.25) is 5.02 Å². The van der Waals surface area contributed by atoms with Crippen LogP contribution >= 0.6 is 11.6 Å². The number of nitriles is 1. The minimum absolute atomic E-state index is 0.0499. The van der Waals surface area contributed by atoms with Crippen molar-refractivity contribution in [2.75, 3.05) is 24.5 Å². The summed E-state index contributed by atoms with van der Waals surface area (Å²) >= 11 is 6.37. The highest BCUT2D eigenvalue weighted by Gasteiger charge is 2.33. The standard InChI is InChI=1S/C26H29ClFN3O/c1-18-13-20(8-10-25(18)28)26(32)30-12-11-23(17-30)31(16-19-5-3-2-4-6-19)22-9-7-21(15-29)24(27)14-22/h7-10,13-14,19,23H,2-6,11-12,16-17H2,1H3/t23-/m0/s1. The number of anilines is 1. The van der Waals surface area contributed by atoms with E-state index in [1.54, 1.807) is 25.1 Å². The molecule has 1 aliphatic carbocycles. The van der Waals surface area contributed by atoms with Crippen LogP contribution < -0.4 is 4.90 Å². The van der Waals surface area contributed by atoms with Crippen LogP contribution in [0.25, 0.3) is 0 Å². The maximum atomic E-state index is 13.6. The van der Waals surface area contributed by atoms with E-state index in [4.69, 9.17) is 11.6 Å². The number of amides is 1. The molecule has 4 rings (SSSR count). The topological polar surface area (TPSA) is 47.3 Å². The molecule has 6 heteroatoms. The number of rotatable bonds is 5. The van der Waals surface area contributed by atoms with Crippen LogP contribution in [0.5, 0.6) is 0 Å². The molecule has 2 fully saturated rings. The summed E-state index contributed by atoms with van der Waals surface area (Å²) in [6, 6.07) is 12.5. The lowest BCUT2D eigenvalue weighted by molar-refractivity contribution is 0.0790. The van der Waals surface area contributed by atoms with E-state index in [0.29, 0.717) is 40.7 Å². The number of aryl methyl sites for hydroxylation is 1. The van der Waals surface area contributed by atoms with Crippen LogP contribution in [0, 0.1) is 30.0 Å². The number of benzene rings is 2. The molecule has 1 heterocycles. The molecule has 1 atom stereocenters. The molecule has 0 unspecified atom stereocenters. The van der Waals surface area contributed by atoms with Gasteiger partial charge < -0.3 is 9.80 Å². The average molecular weight is 454 g/mol. The second kappa shape index (κ2) is 9.92. The minimum Gasteiger partial charge on any atom is -0.366 e. The Morgan fingerprint density at radius 3 is 2.66 bits per heavy atom. The maximum Gasteiger partial charge on any atom is 0.253 e. The normalized spacial score (nSPS) is 19.1. The Balaban J connectivity index is 1.54. The van der Waals surface area contributed by atoms with E-state index in [9.17, 15) is 14.4 Å². The van der Waals surface area contributed by atoms with Gasteiger partial charge in [0.05, 0.1) is 10.6 Å². The van der Waals surface area contributed by atoms with Crippen LogP contribution in [-0.4, -0.2) is 36.5 Å². The van der Waals surface area contributed by atoms with Crippen molar-refractivity contribution in [2.45, 2.75) is 51.5 Å². The predicted molar refractivity (Wildman–Crippen MR) is 126 cm³/mol. The number of carbonyl (C=O) groups is 1. The Kier molecular flexibility index (Phi) is 7.01. The van der Waals surface area contributed by atoms with Crippen LogP contribution in [0.4, 0.5) is 10.1 Å². The van der Waals surface area contributed by atoms with Crippen molar-refractivity contribution in [2.24, 2.45) is 5.92 Å². The van der Waals surface area contributed by atoms with Gasteiger partial charge in [-0.15, -0.1) is 0 Å². The minimum atomic E-state index is -0.294. The first-order valence-corrected chi connectivity index (χ1v) is 11.9. The third kappa shape index (κ3) is 4.91. The van der Waals surface area contributed by atoms with E-state index >= 15 is 0 Å². The van der Waals surface area contributed by atoms with E-state index in [2.05, 4.69) is 11.0 Å². The third-order valence-corrected chi connectivity index (χ3v) is 7.19. The van der Waals surface area contributed by atoms with Gasteiger partial charge in [-0.2, -0.15) is 5.26 Å². The molecule has 0 bridgehead atoms. The number of nitrogens with zero attached hydrogens (tertiary/aromatic N) is 3. The molecule has 168 valence electrons. The van der Waals surface area contributed by atoms with E-state index in [1.807, 2.05) is 17.0 Å². The van der Waals surface area contributed by atoms with Crippen molar-refractivity contribution in [1.29, 1.82) is 5.26 Å². The fourth-order valence-corrected chi connectivity index (χ4v) is 5.24. The molecule has 2 aliphatic rings. The van der Waals surface area contributed by atoms with Gasteiger partial charge in [-0.05, 0) is 74.1 Å². The first kappa shape index (κ1) is 22.6. The predicted octanol–water partition coefficient (Wildman–Crippen LogP) is 5.96. The van der Waals surface area contributed by atoms with Crippen molar-refractivity contribution in [3.63, 3.8) is 0 Å². The molecular weight excluding hydrogens is 425 g/mol. The monoisotopic (exact) mass is 453 g/mol. The maximum absolute atomic E-state index is 13.6. The summed E-state index contributed by atoms with van der Waals surface area (Å²) in [7, 11) is 0. The summed E-state index contributed by atoms with van der Waals surface area (Å²) in [5.74, 6) is 0.283. The SMILES string of the molecule is Cc1cc(C(=O)N2CC[C@H](N(CC3CCCCC3)c3ccc(C#N)c(Cl)c3)C2)ccc1F. The van der Waals surface area contributed by atoms with E-state index in [1.165, 1.54) is 38.2 Å². The van der Waals surface area contributed by atoms with Gasteiger partial charge in [-0.1, -0.05) is 30.9 Å². The van der Waals surface area contributed by atoms with Crippen molar-refractivity contribution in [1.82, 2.24) is 4.90 Å². The molecule has 1 amide bonds. The smallest absolute Gasteiger partial charge is 0.253 e. The van der Waals surface area contributed by atoms with E-state index in [0.717, 1.165) is 18.7 Å². The second-order valence-electron chi connectivity index (χ2n) is 9.09. The zero-order chi connectivity index (χ0) is 22.7. The highest BCUT2D eigenvalue weighted by molar-refractivity contribution is 6.32. The summed E-state index contributed by atoms with van der Waals surface area (Å²) in [6.07, 6.45) is 7.17. The molecular formula is C26H29ClFN3O. The molecule has 32 heavy (non-hydrogen) atoms. The lowest BCUT2D eigenvalue weighted by atomic mass is 9.88. The molecule has 2 aromatic carbocycles. The van der Waals surface area contributed by atoms with Crippen molar-refractivity contribution < 1.29 is 9.18 Å². The van der Waals surface area contributed by atoms with E-state index in [-0.39, 0.29) is 17.8 Å². The van der Waals surface area contributed by atoms with Gasteiger partial charge in [-0.25, -0.2) is 4.39 Å². The fraction of sp³-hybridized carbons (Fsp3) is 0.462. The van der Waals surface area contributed by atoms with Crippen molar-refractivity contribution >= 4 is 23.2 Å².